The van der Waals surface area contributed by atoms with E-state index in [9.17, 15) is 4.39 Å². The fourth-order valence-corrected chi connectivity index (χ4v) is 2.69. The van der Waals surface area contributed by atoms with Crippen molar-refractivity contribution in [3.05, 3.63) is 64.7 Å². The molecule has 0 saturated heterocycles. The van der Waals surface area contributed by atoms with Gasteiger partial charge in [-0.25, -0.2) is 9.37 Å². The summed E-state index contributed by atoms with van der Waals surface area (Å²) in [6, 6.07) is 12.5. The predicted molar refractivity (Wildman–Crippen MR) is 83.0 cm³/mol. The summed E-state index contributed by atoms with van der Waals surface area (Å²) in [5.41, 5.74) is 7.97. The molecule has 3 aromatic rings. The molecule has 2 aromatic carbocycles. The van der Waals surface area contributed by atoms with Gasteiger partial charge < -0.3 is 10.3 Å². The Balaban J connectivity index is 2.12. The van der Waals surface area contributed by atoms with Crippen LogP contribution in [0.4, 0.5) is 4.39 Å². The first kappa shape index (κ1) is 14.0. The monoisotopic (exact) mass is 303 g/mol. The van der Waals surface area contributed by atoms with Crippen molar-refractivity contribution in [2.45, 2.75) is 13.0 Å². The van der Waals surface area contributed by atoms with Gasteiger partial charge in [0.1, 0.15) is 11.6 Å². The van der Waals surface area contributed by atoms with Crippen molar-refractivity contribution < 1.29 is 4.39 Å². The molecule has 5 heteroatoms. The van der Waals surface area contributed by atoms with E-state index in [-0.39, 0.29) is 5.82 Å². The van der Waals surface area contributed by atoms with Crippen LogP contribution in [-0.4, -0.2) is 16.1 Å². The Hall–Kier alpha value is -1.91. The van der Waals surface area contributed by atoms with Crippen molar-refractivity contribution in [1.82, 2.24) is 9.55 Å². The van der Waals surface area contributed by atoms with E-state index in [0.29, 0.717) is 30.1 Å². The summed E-state index contributed by atoms with van der Waals surface area (Å²) >= 11 is 6.13. The van der Waals surface area contributed by atoms with Crippen LogP contribution in [0.25, 0.3) is 11.0 Å². The van der Waals surface area contributed by atoms with Gasteiger partial charge in [-0.1, -0.05) is 29.8 Å². The molecule has 1 heterocycles. The molecule has 0 spiro atoms. The molecule has 0 amide bonds. The van der Waals surface area contributed by atoms with Crippen LogP contribution in [0.15, 0.2) is 42.5 Å². The quantitative estimate of drug-likeness (QED) is 0.803. The van der Waals surface area contributed by atoms with Crippen molar-refractivity contribution >= 4 is 22.6 Å². The number of fused-ring (bicyclic) bond motifs is 1. The molecule has 1 aromatic heterocycles. The van der Waals surface area contributed by atoms with Crippen molar-refractivity contribution in [3.63, 3.8) is 0 Å². The molecule has 0 fully saturated rings. The van der Waals surface area contributed by atoms with E-state index in [2.05, 4.69) is 4.98 Å². The Bertz CT molecular complexity index is 762. The molecule has 108 valence electrons. The minimum atomic E-state index is -0.307. The number of nitrogens with two attached hydrogens (primary N) is 1. The molecular weight excluding hydrogens is 289 g/mol. The van der Waals surface area contributed by atoms with Crippen LogP contribution >= 0.6 is 11.6 Å². The molecule has 21 heavy (non-hydrogen) atoms. The van der Waals surface area contributed by atoms with Gasteiger partial charge in [-0.2, -0.15) is 0 Å². The molecule has 3 nitrogen and oxygen atoms in total. The summed E-state index contributed by atoms with van der Waals surface area (Å²) in [5.74, 6) is 0.539. The third-order valence-electron chi connectivity index (χ3n) is 3.48. The first-order chi connectivity index (χ1) is 10.2. The van der Waals surface area contributed by atoms with E-state index in [1.54, 1.807) is 12.1 Å². The number of aromatic nitrogens is 2. The molecule has 0 aliphatic carbocycles. The van der Waals surface area contributed by atoms with Crippen molar-refractivity contribution in [2.24, 2.45) is 5.73 Å². The fraction of sp³-hybridized carbons (Fsp3) is 0.188. The lowest BCUT2D eigenvalue weighted by Gasteiger charge is -2.11. The zero-order valence-corrected chi connectivity index (χ0v) is 12.1. The largest absolute Gasteiger partial charge is 0.330 e. The number of imidazole rings is 1. The Morgan fingerprint density at radius 2 is 1.95 bits per heavy atom. The van der Waals surface area contributed by atoms with Crippen LogP contribution in [0.5, 0.6) is 0 Å². The minimum Gasteiger partial charge on any atom is -0.330 e. The van der Waals surface area contributed by atoms with Crippen LogP contribution in [0.3, 0.4) is 0 Å². The minimum absolute atomic E-state index is 0.307. The smallest absolute Gasteiger partial charge is 0.129 e. The molecule has 0 radical (unpaired) electrons. The van der Waals surface area contributed by atoms with Gasteiger partial charge in [0, 0.05) is 17.0 Å². The number of hydrogen-bond acceptors (Lipinski definition) is 2. The highest BCUT2D eigenvalue weighted by Crippen LogP contribution is 2.24. The average molecular weight is 304 g/mol. The van der Waals surface area contributed by atoms with Gasteiger partial charge in [0.05, 0.1) is 17.6 Å². The number of benzene rings is 2. The molecule has 2 N–H and O–H groups in total. The summed E-state index contributed by atoms with van der Waals surface area (Å²) in [5, 5.41) is 0.423. The third-order valence-corrected chi connectivity index (χ3v) is 3.83. The number of halogens is 2. The SMILES string of the molecule is NCCc1nc2ccccc2n1Cc1c(F)cccc1Cl. The average Bonchev–Trinajstić information content (AvgIpc) is 2.81. The molecule has 0 unspecified atom stereocenters. The van der Waals surface area contributed by atoms with E-state index in [0.717, 1.165) is 16.9 Å². The van der Waals surface area contributed by atoms with Crippen LogP contribution in [-0.2, 0) is 13.0 Å². The van der Waals surface area contributed by atoms with Gasteiger partial charge >= 0.3 is 0 Å². The van der Waals surface area contributed by atoms with Gasteiger partial charge in [0.2, 0.25) is 0 Å². The Morgan fingerprint density at radius 1 is 1.14 bits per heavy atom. The van der Waals surface area contributed by atoms with Crippen LogP contribution in [0, 0.1) is 5.82 Å². The second-order valence-corrected chi connectivity index (χ2v) is 5.25. The van der Waals surface area contributed by atoms with Crippen LogP contribution < -0.4 is 5.73 Å². The summed E-state index contributed by atoms with van der Waals surface area (Å²) < 4.78 is 16.0. The normalized spacial score (nSPS) is 11.2. The predicted octanol–water partition coefficient (Wildman–Crippen LogP) is 3.38. The van der Waals surface area contributed by atoms with Gasteiger partial charge in [-0.15, -0.1) is 0 Å². The van der Waals surface area contributed by atoms with Crippen LogP contribution in [0.1, 0.15) is 11.4 Å². The zero-order chi connectivity index (χ0) is 14.8. The molecule has 0 aliphatic heterocycles. The summed E-state index contributed by atoms with van der Waals surface area (Å²) in [6.45, 7) is 0.843. The van der Waals surface area contributed by atoms with E-state index in [4.69, 9.17) is 17.3 Å². The van der Waals surface area contributed by atoms with E-state index in [1.165, 1.54) is 6.07 Å². The Morgan fingerprint density at radius 3 is 2.71 bits per heavy atom. The lowest BCUT2D eigenvalue weighted by Crippen LogP contribution is -2.11. The first-order valence-corrected chi connectivity index (χ1v) is 7.15. The standard InChI is InChI=1S/C16H15ClFN3/c17-12-4-3-5-13(18)11(12)10-21-15-7-2-1-6-14(15)20-16(21)8-9-19/h1-7H,8-10,19H2. The summed E-state index contributed by atoms with van der Waals surface area (Å²) in [4.78, 5) is 4.58. The number of rotatable bonds is 4. The molecule has 0 aliphatic rings. The second kappa shape index (κ2) is 5.84. The Labute approximate surface area is 127 Å². The maximum atomic E-state index is 14.0. The highest BCUT2D eigenvalue weighted by Gasteiger charge is 2.14. The maximum Gasteiger partial charge on any atom is 0.129 e. The van der Waals surface area contributed by atoms with Gasteiger partial charge in [-0.3, -0.25) is 0 Å². The van der Waals surface area contributed by atoms with E-state index in [1.807, 2.05) is 28.8 Å². The Kier molecular flexibility index (Phi) is 3.90. The first-order valence-electron chi connectivity index (χ1n) is 6.78. The molecule has 0 saturated carbocycles. The molecule has 0 bridgehead atoms. The highest BCUT2D eigenvalue weighted by molar-refractivity contribution is 6.31. The summed E-state index contributed by atoms with van der Waals surface area (Å²) in [6.07, 6.45) is 0.640. The van der Waals surface area contributed by atoms with Gasteiger partial charge in [-0.05, 0) is 30.8 Å². The van der Waals surface area contributed by atoms with Gasteiger partial charge in [0.25, 0.3) is 0 Å². The van der Waals surface area contributed by atoms with E-state index < -0.39 is 0 Å². The zero-order valence-electron chi connectivity index (χ0n) is 11.4. The van der Waals surface area contributed by atoms with Crippen molar-refractivity contribution in [3.8, 4) is 0 Å². The topological polar surface area (TPSA) is 43.8 Å². The van der Waals surface area contributed by atoms with Crippen molar-refractivity contribution in [1.29, 1.82) is 0 Å². The molecule has 0 atom stereocenters. The maximum absolute atomic E-state index is 14.0. The van der Waals surface area contributed by atoms with Gasteiger partial charge in [0.15, 0.2) is 0 Å². The number of hydrogen-bond donors (Lipinski definition) is 1. The van der Waals surface area contributed by atoms with E-state index >= 15 is 0 Å². The molecule has 3 rings (SSSR count). The van der Waals surface area contributed by atoms with Crippen molar-refractivity contribution in [2.75, 3.05) is 6.54 Å². The molecular formula is C16H15ClFN3. The lowest BCUT2D eigenvalue weighted by molar-refractivity contribution is 0.597. The number of para-hydroxylation sites is 2. The fourth-order valence-electron chi connectivity index (χ4n) is 2.46. The highest BCUT2D eigenvalue weighted by atomic mass is 35.5. The third kappa shape index (κ3) is 2.64. The lowest BCUT2D eigenvalue weighted by atomic mass is 10.2. The number of nitrogens with zero attached hydrogens (tertiary/aromatic N) is 2. The second-order valence-electron chi connectivity index (χ2n) is 4.84. The van der Waals surface area contributed by atoms with Crippen LogP contribution in [0.2, 0.25) is 5.02 Å². The summed E-state index contributed by atoms with van der Waals surface area (Å²) in [7, 11) is 0.